The van der Waals surface area contributed by atoms with Gasteiger partial charge in [0.05, 0.1) is 0 Å². The van der Waals surface area contributed by atoms with Crippen LogP contribution in [0, 0.1) is 5.92 Å². The molecule has 1 aromatic heterocycles. The molecular formula is C17H22N2O2. The van der Waals surface area contributed by atoms with Crippen LogP contribution in [0.2, 0.25) is 0 Å². The molecule has 0 aliphatic heterocycles. The van der Waals surface area contributed by atoms with Crippen molar-refractivity contribution in [3.8, 4) is 0 Å². The molecule has 1 aromatic carbocycles. The SMILES string of the molecule is CC(CCO)CNC(=O)c1cccn1Cc1ccccc1. The lowest BCUT2D eigenvalue weighted by Crippen LogP contribution is -2.30. The number of hydrogen-bond acceptors (Lipinski definition) is 2. The average molecular weight is 286 g/mol. The van der Waals surface area contributed by atoms with Gasteiger partial charge in [0, 0.05) is 25.9 Å². The molecule has 0 saturated heterocycles. The molecule has 1 heterocycles. The maximum absolute atomic E-state index is 12.2. The Labute approximate surface area is 125 Å². The fourth-order valence-electron chi connectivity index (χ4n) is 2.22. The van der Waals surface area contributed by atoms with E-state index in [1.54, 1.807) is 0 Å². The van der Waals surface area contributed by atoms with Crippen molar-refractivity contribution in [1.82, 2.24) is 9.88 Å². The fourth-order valence-corrected chi connectivity index (χ4v) is 2.22. The van der Waals surface area contributed by atoms with Crippen molar-refractivity contribution < 1.29 is 9.90 Å². The summed E-state index contributed by atoms with van der Waals surface area (Å²) in [5, 5.41) is 11.8. The summed E-state index contributed by atoms with van der Waals surface area (Å²) in [6.07, 6.45) is 2.62. The van der Waals surface area contributed by atoms with Crippen LogP contribution in [0.3, 0.4) is 0 Å². The van der Waals surface area contributed by atoms with Crippen LogP contribution >= 0.6 is 0 Å². The van der Waals surface area contributed by atoms with Gasteiger partial charge in [0.2, 0.25) is 0 Å². The molecule has 1 amide bonds. The highest BCUT2D eigenvalue weighted by Crippen LogP contribution is 2.08. The number of hydrogen-bond donors (Lipinski definition) is 2. The topological polar surface area (TPSA) is 54.3 Å². The third kappa shape index (κ3) is 4.46. The Hall–Kier alpha value is -2.07. The van der Waals surface area contributed by atoms with Crippen molar-refractivity contribution in [2.75, 3.05) is 13.2 Å². The Kier molecular flexibility index (Phi) is 5.58. The minimum Gasteiger partial charge on any atom is -0.396 e. The summed E-state index contributed by atoms with van der Waals surface area (Å²) in [6, 6.07) is 13.8. The molecule has 0 saturated carbocycles. The number of benzene rings is 1. The molecule has 4 heteroatoms. The monoisotopic (exact) mass is 286 g/mol. The number of aliphatic hydroxyl groups is 1. The van der Waals surface area contributed by atoms with Gasteiger partial charge in [-0.1, -0.05) is 37.3 Å². The second kappa shape index (κ2) is 7.64. The van der Waals surface area contributed by atoms with Crippen LogP contribution in [0.5, 0.6) is 0 Å². The minimum atomic E-state index is -0.0688. The number of carbonyl (C=O) groups is 1. The largest absolute Gasteiger partial charge is 0.396 e. The zero-order valence-corrected chi connectivity index (χ0v) is 12.3. The summed E-state index contributed by atoms with van der Waals surface area (Å²) in [5.74, 6) is 0.206. The predicted octanol–water partition coefficient (Wildman–Crippen LogP) is 2.28. The maximum atomic E-state index is 12.2. The van der Waals surface area contributed by atoms with E-state index in [0.717, 1.165) is 5.56 Å². The Balaban J connectivity index is 1.98. The second-order valence-corrected chi connectivity index (χ2v) is 5.33. The Morgan fingerprint density at radius 1 is 1.24 bits per heavy atom. The molecule has 0 spiro atoms. The molecule has 2 aromatic rings. The van der Waals surface area contributed by atoms with Crippen LogP contribution in [0.15, 0.2) is 48.7 Å². The minimum absolute atomic E-state index is 0.0688. The predicted molar refractivity (Wildman–Crippen MR) is 83.2 cm³/mol. The molecular weight excluding hydrogens is 264 g/mol. The average Bonchev–Trinajstić information content (AvgIpc) is 2.94. The van der Waals surface area contributed by atoms with Crippen molar-refractivity contribution in [3.05, 3.63) is 59.9 Å². The lowest BCUT2D eigenvalue weighted by Gasteiger charge is -2.13. The molecule has 0 bridgehead atoms. The van der Waals surface area contributed by atoms with Gasteiger partial charge in [0.25, 0.3) is 5.91 Å². The first-order chi connectivity index (χ1) is 10.2. The van der Waals surface area contributed by atoms with E-state index in [2.05, 4.69) is 5.32 Å². The third-order valence-electron chi connectivity index (χ3n) is 3.49. The normalized spacial score (nSPS) is 12.1. The molecule has 0 radical (unpaired) electrons. The number of nitrogens with zero attached hydrogens (tertiary/aromatic N) is 1. The van der Waals surface area contributed by atoms with E-state index in [-0.39, 0.29) is 18.4 Å². The summed E-state index contributed by atoms with van der Waals surface area (Å²) in [5.41, 5.74) is 1.83. The molecule has 2 N–H and O–H groups in total. The first kappa shape index (κ1) is 15.3. The van der Waals surface area contributed by atoms with E-state index in [1.165, 1.54) is 0 Å². The number of amides is 1. The number of rotatable bonds is 7. The van der Waals surface area contributed by atoms with E-state index >= 15 is 0 Å². The molecule has 0 aliphatic rings. The molecule has 0 fully saturated rings. The van der Waals surface area contributed by atoms with Gasteiger partial charge in [0.15, 0.2) is 0 Å². The van der Waals surface area contributed by atoms with Gasteiger partial charge in [-0.25, -0.2) is 0 Å². The van der Waals surface area contributed by atoms with Crippen LogP contribution in [0.4, 0.5) is 0 Å². The van der Waals surface area contributed by atoms with Gasteiger partial charge in [0.1, 0.15) is 5.69 Å². The van der Waals surface area contributed by atoms with Crippen molar-refractivity contribution in [1.29, 1.82) is 0 Å². The lowest BCUT2D eigenvalue weighted by molar-refractivity contribution is 0.0936. The summed E-state index contributed by atoms with van der Waals surface area (Å²) < 4.78 is 1.95. The van der Waals surface area contributed by atoms with Crippen LogP contribution < -0.4 is 5.32 Å². The first-order valence-corrected chi connectivity index (χ1v) is 7.29. The van der Waals surface area contributed by atoms with Gasteiger partial charge in [-0.15, -0.1) is 0 Å². The van der Waals surface area contributed by atoms with Gasteiger partial charge < -0.3 is 15.0 Å². The maximum Gasteiger partial charge on any atom is 0.267 e. The van der Waals surface area contributed by atoms with Crippen molar-refractivity contribution in [2.24, 2.45) is 5.92 Å². The van der Waals surface area contributed by atoms with Crippen molar-refractivity contribution in [3.63, 3.8) is 0 Å². The first-order valence-electron chi connectivity index (χ1n) is 7.29. The van der Waals surface area contributed by atoms with Crippen LogP contribution in [0.1, 0.15) is 29.4 Å². The molecule has 1 unspecified atom stereocenters. The quantitative estimate of drug-likeness (QED) is 0.820. The Morgan fingerprint density at radius 2 is 2.00 bits per heavy atom. The molecule has 1 atom stereocenters. The van der Waals surface area contributed by atoms with E-state index in [4.69, 9.17) is 5.11 Å². The second-order valence-electron chi connectivity index (χ2n) is 5.33. The van der Waals surface area contributed by atoms with Gasteiger partial charge in [-0.3, -0.25) is 4.79 Å². The zero-order valence-electron chi connectivity index (χ0n) is 12.3. The highest BCUT2D eigenvalue weighted by Gasteiger charge is 2.12. The van der Waals surface area contributed by atoms with Crippen molar-refractivity contribution >= 4 is 5.91 Å². The van der Waals surface area contributed by atoms with E-state index in [9.17, 15) is 4.79 Å². The smallest absolute Gasteiger partial charge is 0.267 e. The van der Waals surface area contributed by atoms with Gasteiger partial charge in [-0.05, 0) is 30.0 Å². The number of aromatic nitrogens is 1. The van der Waals surface area contributed by atoms with Gasteiger partial charge in [-0.2, -0.15) is 0 Å². The fraction of sp³-hybridized carbons (Fsp3) is 0.353. The molecule has 21 heavy (non-hydrogen) atoms. The highest BCUT2D eigenvalue weighted by molar-refractivity contribution is 5.92. The number of aliphatic hydroxyl groups excluding tert-OH is 1. The molecule has 4 nitrogen and oxygen atoms in total. The van der Waals surface area contributed by atoms with Crippen LogP contribution in [0.25, 0.3) is 0 Å². The number of carbonyl (C=O) groups excluding carboxylic acids is 1. The van der Waals surface area contributed by atoms with E-state index in [0.29, 0.717) is 25.2 Å². The molecule has 112 valence electrons. The summed E-state index contributed by atoms with van der Waals surface area (Å²) in [7, 11) is 0. The van der Waals surface area contributed by atoms with Crippen LogP contribution in [-0.4, -0.2) is 28.7 Å². The summed E-state index contributed by atoms with van der Waals surface area (Å²) in [4.78, 5) is 12.2. The molecule has 2 rings (SSSR count). The zero-order chi connectivity index (χ0) is 15.1. The van der Waals surface area contributed by atoms with Gasteiger partial charge >= 0.3 is 0 Å². The van der Waals surface area contributed by atoms with E-state index in [1.807, 2.05) is 60.2 Å². The summed E-state index contributed by atoms with van der Waals surface area (Å²) in [6.45, 7) is 3.43. The number of nitrogens with one attached hydrogen (secondary N) is 1. The van der Waals surface area contributed by atoms with E-state index < -0.39 is 0 Å². The van der Waals surface area contributed by atoms with Crippen molar-refractivity contribution in [2.45, 2.75) is 19.9 Å². The lowest BCUT2D eigenvalue weighted by atomic mass is 10.1. The van der Waals surface area contributed by atoms with Crippen LogP contribution in [-0.2, 0) is 6.54 Å². The Morgan fingerprint density at radius 3 is 2.71 bits per heavy atom. The highest BCUT2D eigenvalue weighted by atomic mass is 16.3. The Bertz CT molecular complexity index is 563. The molecule has 0 aliphatic carbocycles. The summed E-state index contributed by atoms with van der Waals surface area (Å²) >= 11 is 0. The standard InChI is InChI=1S/C17H22N2O2/c1-14(9-11-20)12-18-17(21)16-8-5-10-19(16)13-15-6-3-2-4-7-15/h2-8,10,14,20H,9,11-13H2,1H3,(H,18,21). The third-order valence-corrected chi connectivity index (χ3v) is 3.49.